The van der Waals surface area contributed by atoms with Crippen molar-refractivity contribution in [1.29, 1.82) is 0 Å². The minimum Gasteiger partial charge on any atom is -0.481 e. The van der Waals surface area contributed by atoms with Crippen molar-refractivity contribution in [2.75, 3.05) is 13.2 Å². The molecule has 0 spiro atoms. The van der Waals surface area contributed by atoms with E-state index in [2.05, 4.69) is 10.6 Å². The van der Waals surface area contributed by atoms with E-state index >= 15 is 0 Å². The van der Waals surface area contributed by atoms with E-state index in [0.717, 1.165) is 0 Å². The fourth-order valence-corrected chi connectivity index (χ4v) is 2.59. The second kappa shape index (κ2) is 15.5. The van der Waals surface area contributed by atoms with Crippen LogP contribution in [0, 0.1) is 0 Å². The molecule has 0 fully saturated rings. The highest BCUT2D eigenvalue weighted by Gasteiger charge is 2.31. The average molecular weight is 476 g/mol. The van der Waals surface area contributed by atoms with Crippen molar-refractivity contribution >= 4 is 35.6 Å². The molecule has 0 saturated heterocycles. The van der Waals surface area contributed by atoms with Crippen molar-refractivity contribution in [3.05, 3.63) is 0 Å². The van der Waals surface area contributed by atoms with Crippen molar-refractivity contribution < 1.29 is 44.1 Å². The van der Waals surface area contributed by atoms with E-state index in [1.165, 1.54) is 0 Å². The van der Waals surface area contributed by atoms with Crippen molar-refractivity contribution in [3.8, 4) is 0 Å². The van der Waals surface area contributed by atoms with Crippen LogP contribution < -0.4 is 33.2 Å². The topological polar surface area (TPSA) is 277 Å². The summed E-state index contributed by atoms with van der Waals surface area (Å²) in [4.78, 5) is 70.3. The number of carbonyl (C=O) groups is 6. The van der Waals surface area contributed by atoms with E-state index in [1.807, 2.05) is 5.32 Å². The van der Waals surface area contributed by atoms with E-state index in [-0.39, 0.29) is 6.42 Å². The maximum absolute atomic E-state index is 12.5. The summed E-state index contributed by atoms with van der Waals surface area (Å²) in [5.41, 5.74) is 16.2. The van der Waals surface area contributed by atoms with Crippen LogP contribution in [-0.4, -0.2) is 88.2 Å². The first-order valence-corrected chi connectivity index (χ1v) is 10.1. The Kier molecular flexibility index (Phi) is 13.9. The van der Waals surface area contributed by atoms with Crippen molar-refractivity contribution in [3.63, 3.8) is 0 Å². The fraction of sp³-hybridized carbons (Fsp3) is 0.667. The summed E-state index contributed by atoms with van der Waals surface area (Å²) in [6.45, 7) is -0.452. The molecule has 12 N–H and O–H groups in total. The second-order valence-electron chi connectivity index (χ2n) is 7.20. The minimum atomic E-state index is -1.65. The van der Waals surface area contributed by atoms with Gasteiger partial charge in [0.1, 0.15) is 18.1 Å². The number of carbonyl (C=O) groups excluding carboxylic acids is 4. The van der Waals surface area contributed by atoms with Gasteiger partial charge in [0.25, 0.3) is 0 Å². The zero-order chi connectivity index (χ0) is 25.6. The molecule has 4 unspecified atom stereocenters. The maximum atomic E-state index is 12.5. The third kappa shape index (κ3) is 12.4. The summed E-state index contributed by atoms with van der Waals surface area (Å²) in [6.07, 6.45) is -0.262. The summed E-state index contributed by atoms with van der Waals surface area (Å²) < 4.78 is 0. The molecule has 4 atom stereocenters. The first-order valence-electron chi connectivity index (χ1n) is 10.1. The molecule has 0 radical (unpaired) electrons. The Morgan fingerprint density at radius 1 is 0.788 bits per heavy atom. The number of nitrogens with two attached hydrogens (primary N) is 3. The number of hydrogen-bond acceptors (Lipinski definition) is 9. The van der Waals surface area contributed by atoms with Gasteiger partial charge in [0, 0.05) is 6.42 Å². The molecule has 0 aliphatic heterocycles. The van der Waals surface area contributed by atoms with Gasteiger partial charge in [0.15, 0.2) is 0 Å². The molecule has 4 amide bonds. The van der Waals surface area contributed by atoms with E-state index < -0.39 is 85.6 Å². The average Bonchev–Trinajstić information content (AvgIpc) is 2.73. The van der Waals surface area contributed by atoms with E-state index in [1.54, 1.807) is 0 Å². The number of aliphatic carboxylic acids is 2. The van der Waals surface area contributed by atoms with E-state index in [0.29, 0.717) is 19.4 Å². The van der Waals surface area contributed by atoms with Gasteiger partial charge in [-0.25, -0.2) is 4.79 Å². The lowest BCUT2D eigenvalue weighted by atomic mass is 10.1. The lowest BCUT2D eigenvalue weighted by Crippen LogP contribution is -2.58. The van der Waals surface area contributed by atoms with Crippen LogP contribution in [0.25, 0.3) is 0 Å². The van der Waals surface area contributed by atoms with Gasteiger partial charge in [-0.3, -0.25) is 24.0 Å². The fourth-order valence-electron chi connectivity index (χ4n) is 2.59. The van der Waals surface area contributed by atoms with Gasteiger partial charge >= 0.3 is 11.9 Å². The Labute approximate surface area is 189 Å². The van der Waals surface area contributed by atoms with Crippen LogP contribution in [-0.2, 0) is 28.8 Å². The highest BCUT2D eigenvalue weighted by Crippen LogP contribution is 2.02. The van der Waals surface area contributed by atoms with Crippen LogP contribution in [0.5, 0.6) is 0 Å². The lowest BCUT2D eigenvalue weighted by Gasteiger charge is -2.23. The van der Waals surface area contributed by atoms with Crippen LogP contribution in [0.2, 0.25) is 0 Å². The molecule has 15 nitrogen and oxygen atoms in total. The van der Waals surface area contributed by atoms with Crippen LogP contribution >= 0.6 is 0 Å². The van der Waals surface area contributed by atoms with Crippen molar-refractivity contribution in [2.24, 2.45) is 17.2 Å². The molecular weight excluding hydrogens is 444 g/mol. The molecule has 15 heteroatoms. The standard InChI is InChI=1S/C18H32N6O9/c19-6-2-1-3-9(20)15(29)24-12(8-25)17(31)23-11(7-13(21)26)16(30)22-10(18(32)33)4-5-14(27)28/h9-12,25H,1-8,19-20H2,(H2,21,26)(H,22,30)(H,23,31)(H,24,29)(H,27,28)(H,32,33). The van der Waals surface area contributed by atoms with Gasteiger partial charge < -0.3 is 48.5 Å². The predicted molar refractivity (Wildman–Crippen MR) is 112 cm³/mol. The first-order chi connectivity index (χ1) is 15.4. The number of carboxylic acid groups (broad SMARTS) is 2. The molecule has 0 aromatic rings. The molecule has 0 rings (SSSR count). The number of aliphatic hydroxyl groups is 1. The molecule has 0 bridgehead atoms. The third-order valence-corrected chi connectivity index (χ3v) is 4.42. The van der Waals surface area contributed by atoms with Crippen LogP contribution in [0.1, 0.15) is 38.5 Å². The SMILES string of the molecule is NCCCCC(N)C(=O)NC(CO)C(=O)NC(CC(N)=O)C(=O)NC(CCC(=O)O)C(=O)O. The van der Waals surface area contributed by atoms with Crippen LogP contribution in [0.15, 0.2) is 0 Å². The monoisotopic (exact) mass is 476 g/mol. The zero-order valence-corrected chi connectivity index (χ0v) is 18.0. The van der Waals surface area contributed by atoms with E-state index in [9.17, 15) is 33.9 Å². The Bertz CT molecular complexity index is 718. The molecule has 0 aliphatic carbocycles. The van der Waals surface area contributed by atoms with Gasteiger partial charge in [-0.1, -0.05) is 6.42 Å². The zero-order valence-electron chi connectivity index (χ0n) is 18.0. The lowest BCUT2D eigenvalue weighted by molar-refractivity contribution is -0.143. The van der Waals surface area contributed by atoms with Crippen molar-refractivity contribution in [2.45, 2.75) is 62.7 Å². The first kappa shape index (κ1) is 29.7. The number of rotatable bonds is 17. The molecular formula is C18H32N6O9. The molecule has 0 aromatic heterocycles. The molecule has 0 aromatic carbocycles. The quantitative estimate of drug-likeness (QED) is 0.0905. The summed E-state index contributed by atoms with van der Waals surface area (Å²) in [5, 5.41) is 33.6. The highest BCUT2D eigenvalue weighted by molar-refractivity contribution is 5.96. The van der Waals surface area contributed by atoms with Crippen molar-refractivity contribution in [1.82, 2.24) is 16.0 Å². The Hall–Kier alpha value is -3.30. The number of aliphatic hydroxyl groups excluding tert-OH is 1. The number of amides is 4. The largest absolute Gasteiger partial charge is 0.481 e. The summed E-state index contributed by atoms with van der Waals surface area (Å²) in [7, 11) is 0. The number of primary amides is 1. The number of hydrogen-bond donors (Lipinski definition) is 9. The molecule has 33 heavy (non-hydrogen) atoms. The van der Waals surface area contributed by atoms with E-state index in [4.69, 9.17) is 27.4 Å². The summed E-state index contributed by atoms with van der Waals surface area (Å²) in [6, 6.07) is -5.76. The Morgan fingerprint density at radius 3 is 1.82 bits per heavy atom. The number of nitrogens with one attached hydrogen (secondary N) is 3. The van der Waals surface area contributed by atoms with Gasteiger partial charge in [-0.05, 0) is 25.8 Å². The normalized spacial score (nSPS) is 14.3. The van der Waals surface area contributed by atoms with Gasteiger partial charge in [0.05, 0.1) is 19.1 Å². The predicted octanol–water partition coefficient (Wildman–Crippen LogP) is -4.29. The Balaban J connectivity index is 5.21. The van der Waals surface area contributed by atoms with Gasteiger partial charge in [-0.15, -0.1) is 0 Å². The molecule has 0 aliphatic rings. The van der Waals surface area contributed by atoms with Gasteiger partial charge in [0.2, 0.25) is 23.6 Å². The molecule has 0 saturated carbocycles. The van der Waals surface area contributed by atoms with Gasteiger partial charge in [-0.2, -0.15) is 0 Å². The molecule has 0 heterocycles. The summed E-state index contributed by atoms with van der Waals surface area (Å²) in [5.74, 6) is -6.76. The molecule has 188 valence electrons. The number of carboxylic acids is 2. The maximum Gasteiger partial charge on any atom is 0.326 e. The summed E-state index contributed by atoms with van der Waals surface area (Å²) >= 11 is 0. The smallest absolute Gasteiger partial charge is 0.326 e. The second-order valence-corrected chi connectivity index (χ2v) is 7.20. The minimum absolute atomic E-state index is 0.280. The Morgan fingerprint density at radius 2 is 1.33 bits per heavy atom. The van der Waals surface area contributed by atoms with Crippen LogP contribution in [0.3, 0.4) is 0 Å². The van der Waals surface area contributed by atoms with Crippen LogP contribution in [0.4, 0.5) is 0 Å². The highest BCUT2D eigenvalue weighted by atomic mass is 16.4. The third-order valence-electron chi connectivity index (χ3n) is 4.42. The number of unbranched alkanes of at least 4 members (excludes halogenated alkanes) is 1.